The van der Waals surface area contributed by atoms with Crippen LogP contribution in [0.5, 0.6) is 0 Å². The Balaban J connectivity index is 1.54. The first-order valence-corrected chi connectivity index (χ1v) is 11.5. The van der Waals surface area contributed by atoms with E-state index in [1.54, 1.807) is 49.2 Å². The molecule has 1 fully saturated rings. The lowest BCUT2D eigenvalue weighted by Crippen LogP contribution is -2.48. The highest BCUT2D eigenvalue weighted by Crippen LogP contribution is 2.33. The number of oxazole rings is 1. The molecule has 2 aromatic carbocycles. The molecule has 0 aliphatic carbocycles. The molecule has 0 unspecified atom stereocenters. The molecule has 170 valence electrons. The summed E-state index contributed by atoms with van der Waals surface area (Å²) in [5.41, 5.74) is 0.915. The molecule has 0 N–H and O–H groups in total. The van der Waals surface area contributed by atoms with Crippen molar-refractivity contribution in [1.29, 1.82) is 0 Å². The van der Waals surface area contributed by atoms with Gasteiger partial charge in [0.1, 0.15) is 0 Å². The fraction of sp³-hybridized carbons (Fsp3) is 0.318. The second kappa shape index (κ2) is 8.25. The van der Waals surface area contributed by atoms with Crippen molar-refractivity contribution < 1.29 is 26.0 Å². The summed E-state index contributed by atoms with van der Waals surface area (Å²) in [6.07, 6.45) is -2.88. The van der Waals surface area contributed by atoms with Crippen molar-refractivity contribution >= 4 is 15.7 Å². The number of sulfonamides is 1. The molecule has 0 amide bonds. The molecule has 6 nitrogen and oxygen atoms in total. The van der Waals surface area contributed by atoms with E-state index in [0.717, 1.165) is 12.1 Å². The molecule has 0 bridgehead atoms. The number of nitrogens with zero attached hydrogens (tertiary/aromatic N) is 3. The SMILES string of the molecule is Cc1ncc(-c2ccc(C)c(S(=O)(=O)N3CCN(c4cccc(C(F)(F)F)c4)CC3)c2)o1. The topological polar surface area (TPSA) is 66.7 Å². The summed E-state index contributed by atoms with van der Waals surface area (Å²) >= 11 is 0. The van der Waals surface area contributed by atoms with Crippen LogP contribution >= 0.6 is 0 Å². The van der Waals surface area contributed by atoms with Crippen LogP contribution in [-0.2, 0) is 16.2 Å². The van der Waals surface area contributed by atoms with Gasteiger partial charge in [-0.15, -0.1) is 0 Å². The highest BCUT2D eigenvalue weighted by molar-refractivity contribution is 7.89. The molecule has 0 radical (unpaired) electrons. The number of rotatable bonds is 4. The van der Waals surface area contributed by atoms with E-state index in [-0.39, 0.29) is 18.0 Å². The van der Waals surface area contributed by atoms with Gasteiger partial charge < -0.3 is 9.32 Å². The minimum Gasteiger partial charge on any atom is -0.441 e. The average Bonchev–Trinajstić information content (AvgIpc) is 3.20. The van der Waals surface area contributed by atoms with Gasteiger partial charge in [0.2, 0.25) is 10.0 Å². The highest BCUT2D eigenvalue weighted by Gasteiger charge is 2.33. The largest absolute Gasteiger partial charge is 0.441 e. The molecule has 3 aromatic rings. The third-order valence-electron chi connectivity index (χ3n) is 5.49. The van der Waals surface area contributed by atoms with Gasteiger partial charge in [0.05, 0.1) is 16.7 Å². The zero-order valence-electron chi connectivity index (χ0n) is 17.6. The number of aryl methyl sites for hydroxylation is 2. The number of halogens is 3. The Morgan fingerprint density at radius 1 is 1.00 bits per heavy atom. The van der Waals surface area contributed by atoms with Crippen LogP contribution in [0, 0.1) is 13.8 Å². The maximum atomic E-state index is 13.3. The fourth-order valence-electron chi connectivity index (χ4n) is 3.73. The number of hydrogen-bond acceptors (Lipinski definition) is 5. The maximum absolute atomic E-state index is 13.3. The quantitative estimate of drug-likeness (QED) is 0.568. The second-order valence-electron chi connectivity index (χ2n) is 7.66. The highest BCUT2D eigenvalue weighted by atomic mass is 32.2. The van der Waals surface area contributed by atoms with Gasteiger partial charge in [0.15, 0.2) is 11.7 Å². The van der Waals surface area contributed by atoms with Crippen molar-refractivity contribution in [1.82, 2.24) is 9.29 Å². The number of benzene rings is 2. The van der Waals surface area contributed by atoms with E-state index in [9.17, 15) is 21.6 Å². The lowest BCUT2D eigenvalue weighted by atomic mass is 10.1. The van der Waals surface area contributed by atoms with Gasteiger partial charge in [-0.2, -0.15) is 17.5 Å². The molecule has 4 rings (SSSR count). The van der Waals surface area contributed by atoms with E-state index in [1.807, 2.05) is 0 Å². The van der Waals surface area contributed by atoms with E-state index in [1.165, 1.54) is 10.4 Å². The Labute approximate surface area is 184 Å². The first-order valence-electron chi connectivity index (χ1n) is 10.0. The number of aromatic nitrogens is 1. The van der Waals surface area contributed by atoms with Gasteiger partial charge >= 0.3 is 6.18 Å². The van der Waals surface area contributed by atoms with E-state index in [2.05, 4.69) is 4.98 Å². The van der Waals surface area contributed by atoms with Gasteiger partial charge in [-0.25, -0.2) is 13.4 Å². The monoisotopic (exact) mass is 465 g/mol. The van der Waals surface area contributed by atoms with Crippen LogP contribution < -0.4 is 4.90 Å². The number of anilines is 1. The molecule has 0 atom stereocenters. The Bertz CT molecular complexity index is 1230. The lowest BCUT2D eigenvalue weighted by molar-refractivity contribution is -0.137. The van der Waals surface area contributed by atoms with Crippen LogP contribution in [0.25, 0.3) is 11.3 Å². The van der Waals surface area contributed by atoms with Gasteiger partial charge in [0, 0.05) is 44.4 Å². The number of hydrogen-bond donors (Lipinski definition) is 0. The van der Waals surface area contributed by atoms with Crippen molar-refractivity contribution in [3.05, 3.63) is 65.7 Å². The van der Waals surface area contributed by atoms with Gasteiger partial charge in [-0.05, 0) is 36.8 Å². The molecule has 2 heterocycles. The van der Waals surface area contributed by atoms with Crippen LogP contribution in [0.1, 0.15) is 17.0 Å². The van der Waals surface area contributed by atoms with E-state index < -0.39 is 21.8 Å². The Kier molecular flexibility index (Phi) is 5.76. The minimum absolute atomic E-state index is 0.170. The van der Waals surface area contributed by atoms with Crippen LogP contribution in [0.3, 0.4) is 0 Å². The standard InChI is InChI=1S/C22H22F3N3O3S/c1-15-6-7-17(20-14-26-16(2)31-20)12-21(15)32(29,30)28-10-8-27(9-11-28)19-5-3-4-18(13-19)22(23,24)25/h3-7,12-14H,8-11H2,1-2H3. The molecule has 1 aliphatic rings. The molecule has 1 aromatic heterocycles. The maximum Gasteiger partial charge on any atom is 0.416 e. The van der Waals surface area contributed by atoms with Crippen LogP contribution in [0.15, 0.2) is 58.0 Å². The summed E-state index contributed by atoms with van der Waals surface area (Å²) in [7, 11) is -3.79. The summed E-state index contributed by atoms with van der Waals surface area (Å²) in [5.74, 6) is 0.962. The van der Waals surface area contributed by atoms with Crippen LogP contribution in [-0.4, -0.2) is 43.9 Å². The molecular weight excluding hydrogens is 443 g/mol. The van der Waals surface area contributed by atoms with Crippen molar-refractivity contribution in [3.63, 3.8) is 0 Å². The average molecular weight is 465 g/mol. The summed E-state index contributed by atoms with van der Waals surface area (Å²) in [5, 5.41) is 0. The fourth-order valence-corrected chi connectivity index (χ4v) is 5.40. The van der Waals surface area contributed by atoms with E-state index >= 15 is 0 Å². The summed E-state index contributed by atoms with van der Waals surface area (Å²) in [6, 6.07) is 10.2. The third-order valence-corrected chi connectivity index (χ3v) is 7.53. The summed E-state index contributed by atoms with van der Waals surface area (Å²) in [6.45, 7) is 4.36. The normalized spacial score (nSPS) is 15.8. The molecule has 1 aliphatic heterocycles. The predicted molar refractivity (Wildman–Crippen MR) is 114 cm³/mol. The minimum atomic E-state index is -4.42. The van der Waals surface area contributed by atoms with Crippen molar-refractivity contribution in [3.8, 4) is 11.3 Å². The van der Waals surface area contributed by atoms with E-state index in [0.29, 0.717) is 41.6 Å². The molecule has 0 saturated carbocycles. The Morgan fingerprint density at radius 2 is 1.72 bits per heavy atom. The Morgan fingerprint density at radius 3 is 2.34 bits per heavy atom. The van der Waals surface area contributed by atoms with Crippen molar-refractivity contribution in [2.75, 3.05) is 31.1 Å². The third kappa shape index (κ3) is 4.37. The smallest absolute Gasteiger partial charge is 0.416 e. The number of piperazine rings is 1. The van der Waals surface area contributed by atoms with E-state index in [4.69, 9.17) is 4.42 Å². The first kappa shape index (κ1) is 22.3. The molecule has 1 saturated heterocycles. The second-order valence-corrected chi connectivity index (χ2v) is 9.57. The lowest BCUT2D eigenvalue weighted by Gasteiger charge is -2.35. The predicted octanol–water partition coefficient (Wildman–Crippen LogP) is 4.49. The number of alkyl halides is 3. The first-order chi connectivity index (χ1) is 15.1. The van der Waals surface area contributed by atoms with Crippen LogP contribution in [0.2, 0.25) is 0 Å². The van der Waals surface area contributed by atoms with Gasteiger partial charge in [-0.1, -0.05) is 18.2 Å². The Hall–Kier alpha value is -2.85. The zero-order chi connectivity index (χ0) is 23.1. The van der Waals surface area contributed by atoms with Gasteiger partial charge in [-0.3, -0.25) is 0 Å². The van der Waals surface area contributed by atoms with Gasteiger partial charge in [0.25, 0.3) is 0 Å². The summed E-state index contributed by atoms with van der Waals surface area (Å²) in [4.78, 5) is 6.00. The molecule has 0 spiro atoms. The molecule has 32 heavy (non-hydrogen) atoms. The van der Waals surface area contributed by atoms with Crippen molar-refractivity contribution in [2.24, 2.45) is 0 Å². The van der Waals surface area contributed by atoms with Crippen molar-refractivity contribution in [2.45, 2.75) is 24.9 Å². The zero-order valence-corrected chi connectivity index (χ0v) is 18.4. The molecular formula is C22H22F3N3O3S. The molecule has 10 heteroatoms. The van der Waals surface area contributed by atoms with Crippen LogP contribution in [0.4, 0.5) is 18.9 Å². The summed E-state index contributed by atoms with van der Waals surface area (Å²) < 4.78 is 72.6.